The minimum Gasteiger partial charge on any atom is -0.368 e. The first-order valence-corrected chi connectivity index (χ1v) is 7.25. The molecule has 7 heteroatoms. The molecule has 1 aliphatic rings. The van der Waals surface area contributed by atoms with Crippen molar-refractivity contribution in [3.8, 4) is 0 Å². The van der Waals surface area contributed by atoms with Crippen molar-refractivity contribution in [2.75, 3.05) is 6.61 Å². The minimum absolute atomic E-state index is 0.214. The van der Waals surface area contributed by atoms with Gasteiger partial charge in [0.05, 0.1) is 6.04 Å². The highest BCUT2D eigenvalue weighted by Crippen LogP contribution is 2.26. The molecule has 22 heavy (non-hydrogen) atoms. The molecule has 1 saturated heterocycles. The number of carbonyl (C=O) groups is 1. The summed E-state index contributed by atoms with van der Waals surface area (Å²) in [7, 11) is 0. The second-order valence-corrected chi connectivity index (χ2v) is 5.19. The second kappa shape index (κ2) is 6.23. The number of nitrogens with zero attached hydrogens (tertiary/aromatic N) is 2. The van der Waals surface area contributed by atoms with Crippen molar-refractivity contribution in [2.24, 2.45) is 0 Å². The minimum atomic E-state index is -0.420. The lowest BCUT2D eigenvalue weighted by molar-refractivity contribution is 0.0791. The Balaban J connectivity index is 1.78. The monoisotopic (exact) mass is 304 g/mol. The first kappa shape index (κ1) is 14.6. The first-order valence-electron chi connectivity index (χ1n) is 7.25. The average molecular weight is 304 g/mol. The number of benzene rings is 1. The van der Waals surface area contributed by atoms with Gasteiger partial charge in [-0.1, -0.05) is 13.0 Å². The molecule has 3 rings (SSSR count). The molecule has 116 valence electrons. The van der Waals surface area contributed by atoms with Gasteiger partial charge >= 0.3 is 0 Å². The molecule has 0 unspecified atom stereocenters. The molecule has 0 spiro atoms. The highest BCUT2D eigenvalue weighted by Gasteiger charge is 2.33. The van der Waals surface area contributed by atoms with E-state index in [1.165, 1.54) is 18.5 Å². The third-order valence-electron chi connectivity index (χ3n) is 3.81. The molecule has 2 heterocycles. The van der Waals surface area contributed by atoms with E-state index in [-0.39, 0.29) is 18.1 Å². The predicted molar refractivity (Wildman–Crippen MR) is 76.7 cm³/mol. The Kier molecular flexibility index (Phi) is 4.15. The molecular weight excluding hydrogens is 287 g/mol. The van der Waals surface area contributed by atoms with Crippen LogP contribution in [0.25, 0.3) is 0 Å². The van der Waals surface area contributed by atoms with Crippen LogP contribution < -0.4 is 5.32 Å². The fourth-order valence-electron chi connectivity index (χ4n) is 2.67. The molecule has 2 aromatic rings. The van der Waals surface area contributed by atoms with Crippen LogP contribution in [-0.2, 0) is 11.2 Å². The summed E-state index contributed by atoms with van der Waals surface area (Å²) in [5, 5.41) is 9.47. The smallest absolute Gasteiger partial charge is 0.251 e. The van der Waals surface area contributed by atoms with Gasteiger partial charge in [0.1, 0.15) is 18.2 Å². The third-order valence-corrected chi connectivity index (χ3v) is 3.81. The lowest BCUT2D eigenvalue weighted by Crippen LogP contribution is -2.37. The highest BCUT2D eigenvalue weighted by molar-refractivity contribution is 5.96. The van der Waals surface area contributed by atoms with Crippen molar-refractivity contribution in [1.82, 2.24) is 20.5 Å². The van der Waals surface area contributed by atoms with Gasteiger partial charge in [-0.15, -0.1) is 0 Å². The topological polar surface area (TPSA) is 79.9 Å². The molecule has 2 atom stereocenters. The maximum Gasteiger partial charge on any atom is 0.251 e. The van der Waals surface area contributed by atoms with E-state index in [4.69, 9.17) is 4.74 Å². The van der Waals surface area contributed by atoms with Crippen molar-refractivity contribution in [3.05, 3.63) is 47.3 Å². The first-order chi connectivity index (χ1) is 10.7. The van der Waals surface area contributed by atoms with Crippen LogP contribution in [0.2, 0.25) is 0 Å². The summed E-state index contributed by atoms with van der Waals surface area (Å²) in [6.45, 7) is 2.46. The summed E-state index contributed by atoms with van der Waals surface area (Å²) >= 11 is 0. The van der Waals surface area contributed by atoms with Crippen LogP contribution >= 0.6 is 0 Å². The van der Waals surface area contributed by atoms with Gasteiger partial charge in [-0.05, 0) is 30.5 Å². The highest BCUT2D eigenvalue weighted by atomic mass is 19.1. The normalized spacial score (nSPS) is 21.0. The van der Waals surface area contributed by atoms with E-state index in [1.807, 2.05) is 6.92 Å². The largest absolute Gasteiger partial charge is 0.368 e. The van der Waals surface area contributed by atoms with Gasteiger partial charge in [0.2, 0.25) is 0 Å². The van der Waals surface area contributed by atoms with Crippen molar-refractivity contribution in [2.45, 2.75) is 31.9 Å². The van der Waals surface area contributed by atoms with Crippen molar-refractivity contribution in [1.29, 1.82) is 0 Å². The van der Waals surface area contributed by atoms with E-state index in [9.17, 15) is 9.18 Å². The molecule has 1 fully saturated rings. The Morgan fingerprint density at radius 1 is 1.55 bits per heavy atom. The number of rotatable bonds is 4. The van der Waals surface area contributed by atoms with Gasteiger partial charge in [-0.25, -0.2) is 9.37 Å². The van der Waals surface area contributed by atoms with Crippen molar-refractivity contribution < 1.29 is 13.9 Å². The lowest BCUT2D eigenvalue weighted by Gasteiger charge is -2.18. The molecule has 2 N–H and O–H groups in total. The fourth-order valence-corrected chi connectivity index (χ4v) is 2.67. The quantitative estimate of drug-likeness (QED) is 0.902. The summed E-state index contributed by atoms with van der Waals surface area (Å²) < 4.78 is 19.0. The Morgan fingerprint density at radius 3 is 3.14 bits per heavy atom. The van der Waals surface area contributed by atoms with Crippen molar-refractivity contribution in [3.63, 3.8) is 0 Å². The lowest BCUT2D eigenvalue weighted by atomic mass is 10.0. The van der Waals surface area contributed by atoms with Gasteiger partial charge in [0.15, 0.2) is 5.82 Å². The molecule has 0 radical (unpaired) electrons. The Morgan fingerprint density at radius 2 is 2.41 bits per heavy atom. The van der Waals surface area contributed by atoms with E-state index in [2.05, 4.69) is 20.5 Å². The Labute approximate surface area is 127 Å². The molecule has 1 aliphatic heterocycles. The van der Waals surface area contributed by atoms with Gasteiger partial charge in [0, 0.05) is 12.2 Å². The van der Waals surface area contributed by atoms with Gasteiger partial charge in [-0.3, -0.25) is 9.89 Å². The molecule has 1 aromatic carbocycles. The predicted octanol–water partition coefficient (Wildman–Crippen LogP) is 1.77. The average Bonchev–Trinajstić information content (AvgIpc) is 3.17. The summed E-state index contributed by atoms with van der Waals surface area (Å²) in [5.74, 6) is -0.133. The molecule has 1 amide bonds. The van der Waals surface area contributed by atoms with Crippen LogP contribution in [0.1, 0.15) is 41.2 Å². The van der Waals surface area contributed by atoms with Crippen LogP contribution in [0.3, 0.4) is 0 Å². The van der Waals surface area contributed by atoms with E-state index < -0.39 is 5.82 Å². The summed E-state index contributed by atoms with van der Waals surface area (Å²) in [5.41, 5.74) is 1.18. The van der Waals surface area contributed by atoms with Crippen LogP contribution in [-0.4, -0.2) is 33.7 Å². The van der Waals surface area contributed by atoms with Gasteiger partial charge in [0.25, 0.3) is 5.91 Å². The van der Waals surface area contributed by atoms with Crippen LogP contribution in [0.5, 0.6) is 0 Å². The van der Waals surface area contributed by atoms with E-state index in [0.29, 0.717) is 30.8 Å². The maximum absolute atomic E-state index is 13.4. The van der Waals surface area contributed by atoms with Crippen LogP contribution in [0.4, 0.5) is 4.39 Å². The standard InChI is InChI=1S/C15H17FN4O2/c1-2-9-3-4-10(16)7-11(9)15(21)19-12-5-6-22-13(12)14-17-8-18-20-14/h3-4,7-8,12-13H,2,5-6H2,1H3,(H,19,21)(H,17,18,20)/t12-,13+/m0/s1. The number of ether oxygens (including phenoxy) is 1. The fraction of sp³-hybridized carbons (Fsp3) is 0.400. The number of aromatic amines is 1. The molecular formula is C15H17FN4O2. The van der Waals surface area contributed by atoms with Gasteiger partial charge in [-0.2, -0.15) is 5.10 Å². The zero-order chi connectivity index (χ0) is 15.5. The summed E-state index contributed by atoms with van der Waals surface area (Å²) in [6, 6.07) is 4.07. The zero-order valence-electron chi connectivity index (χ0n) is 12.2. The number of aryl methyl sites for hydroxylation is 1. The number of carbonyl (C=O) groups excluding carboxylic acids is 1. The Hall–Kier alpha value is -2.28. The van der Waals surface area contributed by atoms with Crippen molar-refractivity contribution >= 4 is 5.91 Å². The Bertz CT molecular complexity index is 660. The number of hydrogen-bond donors (Lipinski definition) is 2. The number of amides is 1. The maximum atomic E-state index is 13.4. The summed E-state index contributed by atoms with van der Waals surface area (Å²) in [4.78, 5) is 16.5. The zero-order valence-corrected chi connectivity index (χ0v) is 12.2. The molecule has 0 aliphatic carbocycles. The van der Waals surface area contributed by atoms with E-state index in [1.54, 1.807) is 6.07 Å². The summed E-state index contributed by atoms with van der Waals surface area (Å²) in [6.07, 6.45) is 2.38. The third kappa shape index (κ3) is 2.85. The number of hydrogen-bond acceptors (Lipinski definition) is 4. The van der Waals surface area contributed by atoms with Crippen LogP contribution in [0.15, 0.2) is 24.5 Å². The molecule has 1 aromatic heterocycles. The molecule has 0 saturated carbocycles. The number of H-pyrrole nitrogens is 1. The SMILES string of the molecule is CCc1ccc(F)cc1C(=O)N[C@H]1CCO[C@H]1c1ncn[nH]1. The van der Waals surface area contributed by atoms with Crippen LogP contribution in [0, 0.1) is 5.82 Å². The number of aromatic nitrogens is 3. The van der Waals surface area contributed by atoms with E-state index in [0.717, 1.165) is 5.56 Å². The molecule has 6 nitrogen and oxygen atoms in total. The second-order valence-electron chi connectivity index (χ2n) is 5.19. The number of halogens is 1. The van der Waals surface area contributed by atoms with E-state index >= 15 is 0 Å². The van der Waals surface area contributed by atoms with Gasteiger partial charge < -0.3 is 10.1 Å². The molecule has 0 bridgehead atoms. The number of nitrogens with one attached hydrogen (secondary N) is 2.